The average Bonchev–Trinajstić information content (AvgIpc) is 3.15. The topological polar surface area (TPSA) is 69.2 Å². The van der Waals surface area contributed by atoms with Gasteiger partial charge in [-0.15, -0.1) is 9.52 Å². The van der Waals surface area contributed by atoms with Crippen molar-refractivity contribution < 1.29 is 0 Å². The molecule has 1 aliphatic rings. The predicted molar refractivity (Wildman–Crippen MR) is 111 cm³/mol. The van der Waals surface area contributed by atoms with E-state index in [4.69, 9.17) is 5.73 Å². The zero-order valence-electron chi connectivity index (χ0n) is 15.1. The monoisotopic (exact) mass is 368 g/mol. The van der Waals surface area contributed by atoms with E-state index < -0.39 is 0 Å². The van der Waals surface area contributed by atoms with Gasteiger partial charge in [-0.25, -0.2) is 5.01 Å². The van der Waals surface area contributed by atoms with E-state index in [0.29, 0.717) is 12.6 Å². The SMILES string of the molecule is Cc1ccc(C/C=N/N=C(\N)N(c2cccc(C)c2)N2CNCS2)cc1. The van der Waals surface area contributed by atoms with Gasteiger partial charge in [0.1, 0.15) is 0 Å². The lowest BCUT2D eigenvalue weighted by Crippen LogP contribution is -2.47. The van der Waals surface area contributed by atoms with Gasteiger partial charge in [-0.05, 0) is 49.1 Å². The van der Waals surface area contributed by atoms with Crippen LogP contribution in [0.1, 0.15) is 16.7 Å². The van der Waals surface area contributed by atoms with E-state index in [-0.39, 0.29) is 0 Å². The maximum Gasteiger partial charge on any atom is 0.236 e. The Kier molecular flexibility index (Phi) is 6.27. The van der Waals surface area contributed by atoms with Crippen LogP contribution >= 0.6 is 11.9 Å². The molecule has 0 aliphatic carbocycles. The Bertz CT molecular complexity index is 781. The van der Waals surface area contributed by atoms with Gasteiger partial charge < -0.3 is 5.73 Å². The molecule has 0 spiro atoms. The van der Waals surface area contributed by atoms with Gasteiger partial charge in [-0.3, -0.25) is 5.32 Å². The highest BCUT2D eigenvalue weighted by Gasteiger charge is 2.24. The summed E-state index contributed by atoms with van der Waals surface area (Å²) in [6.45, 7) is 4.83. The van der Waals surface area contributed by atoms with Crippen LogP contribution in [-0.2, 0) is 6.42 Å². The second kappa shape index (κ2) is 8.84. The van der Waals surface area contributed by atoms with Crippen molar-refractivity contribution in [1.82, 2.24) is 9.73 Å². The summed E-state index contributed by atoms with van der Waals surface area (Å²) in [4.78, 5) is 0. The van der Waals surface area contributed by atoms with Crippen LogP contribution in [0, 0.1) is 13.8 Å². The van der Waals surface area contributed by atoms with Gasteiger partial charge in [-0.1, -0.05) is 42.0 Å². The number of aryl methyl sites for hydroxylation is 2. The van der Waals surface area contributed by atoms with Gasteiger partial charge in [0.2, 0.25) is 5.96 Å². The molecule has 0 saturated carbocycles. The molecule has 6 nitrogen and oxygen atoms in total. The second-order valence-corrected chi connectivity index (χ2v) is 7.10. The van der Waals surface area contributed by atoms with Gasteiger partial charge in [-0.2, -0.15) is 5.10 Å². The van der Waals surface area contributed by atoms with Crippen molar-refractivity contribution in [2.24, 2.45) is 15.9 Å². The summed E-state index contributed by atoms with van der Waals surface area (Å²) in [5.41, 5.74) is 10.8. The van der Waals surface area contributed by atoms with Gasteiger partial charge in [0, 0.05) is 12.6 Å². The summed E-state index contributed by atoms with van der Waals surface area (Å²) in [5, 5.41) is 13.6. The summed E-state index contributed by atoms with van der Waals surface area (Å²) in [6, 6.07) is 16.6. The number of hydrogen-bond acceptors (Lipinski definition) is 5. The van der Waals surface area contributed by atoms with E-state index in [1.165, 1.54) is 16.7 Å². The number of rotatable bonds is 5. The van der Waals surface area contributed by atoms with E-state index in [0.717, 1.165) is 18.0 Å². The number of anilines is 1. The van der Waals surface area contributed by atoms with Crippen LogP contribution in [0.25, 0.3) is 0 Å². The van der Waals surface area contributed by atoms with E-state index in [1.54, 1.807) is 18.2 Å². The molecule has 1 aliphatic heterocycles. The van der Waals surface area contributed by atoms with Crippen molar-refractivity contribution in [3.63, 3.8) is 0 Å². The molecule has 0 amide bonds. The molecule has 1 heterocycles. The molecule has 3 rings (SSSR count). The van der Waals surface area contributed by atoms with Gasteiger partial charge in [0.15, 0.2) is 0 Å². The van der Waals surface area contributed by atoms with Crippen LogP contribution in [0.2, 0.25) is 0 Å². The number of hydrazine groups is 1. The van der Waals surface area contributed by atoms with Gasteiger partial charge in [0.25, 0.3) is 0 Å². The first-order valence-electron chi connectivity index (χ1n) is 8.52. The molecule has 7 heteroatoms. The third-order valence-electron chi connectivity index (χ3n) is 3.94. The molecular formula is C19H24N6S. The predicted octanol–water partition coefficient (Wildman–Crippen LogP) is 3.04. The van der Waals surface area contributed by atoms with E-state index in [9.17, 15) is 0 Å². The van der Waals surface area contributed by atoms with Crippen LogP contribution in [0.15, 0.2) is 58.7 Å². The van der Waals surface area contributed by atoms with Crippen molar-refractivity contribution in [3.8, 4) is 0 Å². The molecule has 0 bridgehead atoms. The molecular weight excluding hydrogens is 344 g/mol. The molecule has 1 saturated heterocycles. The third-order valence-corrected chi connectivity index (χ3v) is 4.86. The molecule has 2 aromatic rings. The Balaban J connectivity index is 1.73. The Labute approximate surface area is 158 Å². The fourth-order valence-electron chi connectivity index (χ4n) is 2.58. The van der Waals surface area contributed by atoms with Crippen molar-refractivity contribution in [1.29, 1.82) is 0 Å². The largest absolute Gasteiger partial charge is 0.367 e. The summed E-state index contributed by atoms with van der Waals surface area (Å²) in [7, 11) is 0. The first-order valence-corrected chi connectivity index (χ1v) is 9.46. The number of guanidine groups is 1. The second-order valence-electron chi connectivity index (χ2n) is 6.13. The Morgan fingerprint density at radius 1 is 1.23 bits per heavy atom. The van der Waals surface area contributed by atoms with Crippen LogP contribution < -0.4 is 16.1 Å². The van der Waals surface area contributed by atoms with Gasteiger partial charge >= 0.3 is 0 Å². The van der Waals surface area contributed by atoms with Crippen molar-refractivity contribution in [2.75, 3.05) is 17.6 Å². The summed E-state index contributed by atoms with van der Waals surface area (Å²) in [5.74, 6) is 1.18. The Morgan fingerprint density at radius 2 is 2.04 bits per heavy atom. The maximum atomic E-state index is 6.26. The number of nitrogens with zero attached hydrogens (tertiary/aromatic N) is 4. The molecule has 26 heavy (non-hydrogen) atoms. The minimum Gasteiger partial charge on any atom is -0.367 e. The standard InChI is InChI=1S/C19H24N6S/c1-15-6-8-17(9-7-15)10-11-22-23-19(20)25(24-13-21-14-26-24)18-5-3-4-16(2)12-18/h3-9,11-12,21H,10,13-14H2,1-2H3,(H2,20,23)/b22-11+. The van der Waals surface area contributed by atoms with E-state index >= 15 is 0 Å². The number of nitrogens with two attached hydrogens (primary N) is 1. The zero-order valence-corrected chi connectivity index (χ0v) is 15.9. The average molecular weight is 369 g/mol. The zero-order chi connectivity index (χ0) is 18.4. The summed E-state index contributed by atoms with van der Waals surface area (Å²) in [6.07, 6.45) is 2.50. The van der Waals surface area contributed by atoms with Gasteiger partial charge in [0.05, 0.1) is 18.2 Å². The Morgan fingerprint density at radius 3 is 2.73 bits per heavy atom. The normalized spacial score (nSPS) is 15.7. The molecule has 0 unspecified atom stereocenters. The van der Waals surface area contributed by atoms with Crippen LogP contribution in [0.4, 0.5) is 5.69 Å². The quantitative estimate of drug-likeness (QED) is 0.367. The number of hydrogen-bond donors (Lipinski definition) is 2. The molecule has 3 N–H and O–H groups in total. The highest BCUT2D eigenvalue weighted by molar-refractivity contribution is 7.97. The van der Waals surface area contributed by atoms with Crippen molar-refractivity contribution in [3.05, 3.63) is 65.2 Å². The minimum absolute atomic E-state index is 0.340. The lowest BCUT2D eigenvalue weighted by Gasteiger charge is -2.30. The smallest absolute Gasteiger partial charge is 0.236 e. The molecule has 2 aromatic carbocycles. The third kappa shape index (κ3) is 4.85. The number of benzene rings is 2. The van der Waals surface area contributed by atoms with E-state index in [1.807, 2.05) is 21.6 Å². The fraction of sp³-hybridized carbons (Fsp3) is 0.263. The number of nitrogens with one attached hydrogen (secondary N) is 1. The van der Waals surface area contributed by atoms with Crippen molar-refractivity contribution in [2.45, 2.75) is 20.3 Å². The first-order chi connectivity index (χ1) is 12.6. The summed E-state index contributed by atoms with van der Waals surface area (Å²) >= 11 is 1.65. The Hall–Kier alpha value is -2.35. The highest BCUT2D eigenvalue weighted by atomic mass is 32.2. The van der Waals surface area contributed by atoms with E-state index in [2.05, 4.69) is 65.8 Å². The van der Waals surface area contributed by atoms with Crippen LogP contribution in [0.5, 0.6) is 0 Å². The molecule has 0 atom stereocenters. The van der Waals surface area contributed by atoms with Crippen molar-refractivity contribution >= 4 is 29.8 Å². The lowest BCUT2D eigenvalue weighted by molar-refractivity contribution is 0.488. The fourth-order valence-corrected chi connectivity index (χ4v) is 3.39. The minimum atomic E-state index is 0.340. The van der Waals surface area contributed by atoms with Crippen LogP contribution in [-0.4, -0.2) is 29.1 Å². The highest BCUT2D eigenvalue weighted by Crippen LogP contribution is 2.24. The molecule has 0 aromatic heterocycles. The molecule has 1 fully saturated rings. The first kappa shape index (κ1) is 18.4. The lowest BCUT2D eigenvalue weighted by atomic mass is 10.1. The maximum absolute atomic E-state index is 6.26. The molecule has 0 radical (unpaired) electrons. The summed E-state index contributed by atoms with van der Waals surface area (Å²) < 4.78 is 2.04. The van der Waals surface area contributed by atoms with Crippen LogP contribution in [0.3, 0.4) is 0 Å². The molecule has 136 valence electrons.